The van der Waals surface area contributed by atoms with Gasteiger partial charge in [0.25, 0.3) is 0 Å². The smallest absolute Gasteiger partial charge is 0.412 e. The van der Waals surface area contributed by atoms with E-state index in [4.69, 9.17) is 29.2 Å². The average molecular weight is 936 g/mol. The Morgan fingerprint density at radius 2 is 1.79 bits per heavy atom. The summed E-state index contributed by atoms with van der Waals surface area (Å²) in [6, 6.07) is 7.84. The number of piperazine rings is 1. The van der Waals surface area contributed by atoms with Crippen molar-refractivity contribution in [1.29, 1.82) is 0 Å². The highest BCUT2D eigenvalue weighted by molar-refractivity contribution is 6.90. The summed E-state index contributed by atoms with van der Waals surface area (Å²) in [5.74, 6) is 3.23. The molecule has 2 bridgehead atoms. The van der Waals surface area contributed by atoms with E-state index in [9.17, 15) is 14.7 Å². The van der Waals surface area contributed by atoms with Gasteiger partial charge in [-0.3, -0.25) is 15.1 Å². The van der Waals surface area contributed by atoms with Crippen LogP contribution in [0.1, 0.15) is 100 Å². The summed E-state index contributed by atoms with van der Waals surface area (Å²) < 4.78 is 52.3. The van der Waals surface area contributed by atoms with Crippen LogP contribution in [0.15, 0.2) is 42.5 Å². The summed E-state index contributed by atoms with van der Waals surface area (Å²) in [5.41, 5.74) is 5.40. The number of carboxylic acid groups (broad SMARTS) is 1. The number of ether oxygens (including phenoxy) is 3. The summed E-state index contributed by atoms with van der Waals surface area (Å²) in [4.78, 5) is 46.5. The maximum Gasteiger partial charge on any atom is 0.412 e. The van der Waals surface area contributed by atoms with Gasteiger partial charge < -0.3 is 24.2 Å². The van der Waals surface area contributed by atoms with Gasteiger partial charge in [-0.05, 0) is 87.2 Å². The van der Waals surface area contributed by atoms with Gasteiger partial charge in [0.1, 0.15) is 55.0 Å². The number of anilines is 2. The molecule has 5 aliphatic heterocycles. The highest BCUT2D eigenvalue weighted by Gasteiger charge is 2.54. The van der Waals surface area contributed by atoms with Crippen molar-refractivity contribution in [2.24, 2.45) is 0 Å². The van der Waals surface area contributed by atoms with Gasteiger partial charge in [-0.25, -0.2) is 23.4 Å². The molecule has 4 fully saturated rings. The second kappa shape index (κ2) is 16.9. The van der Waals surface area contributed by atoms with E-state index in [1.54, 1.807) is 26.8 Å². The van der Waals surface area contributed by atoms with Crippen LogP contribution < -0.4 is 19.7 Å². The maximum absolute atomic E-state index is 18.3. The number of aromatic nitrogens is 3. The predicted octanol–water partition coefficient (Wildman–Crippen LogP) is 10.5. The lowest BCUT2D eigenvalue weighted by Crippen LogP contribution is -2.64. The minimum atomic E-state index is -2.25. The van der Waals surface area contributed by atoms with Gasteiger partial charge in [0, 0.05) is 48.3 Å². The molecule has 6 atom stereocenters. The van der Waals surface area contributed by atoms with Crippen molar-refractivity contribution in [2.75, 3.05) is 36.5 Å². The van der Waals surface area contributed by atoms with Crippen LogP contribution in [0.3, 0.4) is 0 Å². The minimum absolute atomic E-state index is 0.0109. The summed E-state index contributed by atoms with van der Waals surface area (Å²) in [7, 11) is -2.25. The predicted molar refractivity (Wildman–Crippen MR) is 259 cm³/mol. The van der Waals surface area contributed by atoms with Crippen LogP contribution in [0.5, 0.6) is 11.9 Å². The first-order valence-corrected chi connectivity index (χ1v) is 26.0. The highest BCUT2D eigenvalue weighted by Crippen LogP contribution is 2.49. The van der Waals surface area contributed by atoms with Crippen molar-refractivity contribution >= 4 is 53.4 Å². The molecular formula is C51H63F2N7O6Si. The number of nitrogens with one attached hydrogen (secondary N) is 1. The number of amides is 2. The van der Waals surface area contributed by atoms with E-state index in [1.807, 2.05) is 36.1 Å². The molecule has 9 rings (SSSR count). The first kappa shape index (κ1) is 46.6. The van der Waals surface area contributed by atoms with Gasteiger partial charge in [0.05, 0.1) is 23.7 Å². The molecular weight excluding hydrogens is 873 g/mol. The number of benzene rings is 2. The first-order valence-electron chi connectivity index (χ1n) is 23.8. The Kier molecular flexibility index (Phi) is 11.8. The fourth-order valence-electron chi connectivity index (χ4n) is 12.4. The topological polar surface area (TPSA) is 142 Å². The summed E-state index contributed by atoms with van der Waals surface area (Å²) in [6.07, 6.45) is -1.19. The second-order valence-electron chi connectivity index (χ2n) is 21.2. The number of pyridine rings is 1. The molecule has 67 heavy (non-hydrogen) atoms. The summed E-state index contributed by atoms with van der Waals surface area (Å²) >= 11 is 0. The van der Waals surface area contributed by atoms with Crippen molar-refractivity contribution < 1.29 is 37.7 Å². The molecule has 0 saturated carbocycles. The molecule has 356 valence electrons. The first-order chi connectivity index (χ1) is 31.6. The van der Waals surface area contributed by atoms with Crippen molar-refractivity contribution in [3.8, 4) is 34.6 Å². The Morgan fingerprint density at radius 3 is 2.48 bits per heavy atom. The second-order valence-corrected chi connectivity index (χ2v) is 26.8. The van der Waals surface area contributed by atoms with Crippen LogP contribution in [0.4, 0.5) is 29.9 Å². The van der Waals surface area contributed by atoms with Crippen molar-refractivity contribution in [3.63, 3.8) is 0 Å². The van der Waals surface area contributed by atoms with E-state index in [1.165, 1.54) is 4.90 Å². The number of carbonyl (C=O) groups excluding carboxylic acids is 1. The summed E-state index contributed by atoms with van der Waals surface area (Å²) in [5, 5.41) is 14.8. The molecule has 0 aliphatic carbocycles. The van der Waals surface area contributed by atoms with E-state index in [2.05, 4.69) is 69.8 Å². The molecule has 2 aromatic heterocycles. The zero-order valence-corrected chi connectivity index (χ0v) is 41.3. The van der Waals surface area contributed by atoms with Gasteiger partial charge in [-0.2, -0.15) is 9.97 Å². The van der Waals surface area contributed by atoms with Crippen LogP contribution in [-0.4, -0.2) is 118 Å². The van der Waals surface area contributed by atoms with Gasteiger partial charge in [0.15, 0.2) is 5.82 Å². The lowest BCUT2D eigenvalue weighted by atomic mass is 9.90. The Morgan fingerprint density at radius 1 is 1.06 bits per heavy atom. The zero-order chi connectivity index (χ0) is 48.1. The van der Waals surface area contributed by atoms with Crippen LogP contribution in [0, 0.1) is 17.3 Å². The quantitative estimate of drug-likeness (QED) is 0.0990. The van der Waals surface area contributed by atoms with Crippen molar-refractivity contribution in [3.05, 3.63) is 53.9 Å². The third kappa shape index (κ3) is 7.83. The van der Waals surface area contributed by atoms with E-state index >= 15 is 8.78 Å². The fraction of sp³-hybridized carbons (Fsp3) is 0.549. The van der Waals surface area contributed by atoms with Crippen molar-refractivity contribution in [2.45, 2.75) is 153 Å². The van der Waals surface area contributed by atoms with Crippen LogP contribution in [-0.2, 0) is 4.74 Å². The third-order valence-corrected chi connectivity index (χ3v) is 21.5. The number of fused-ring (bicyclic) bond motifs is 7. The number of halogens is 2. The number of hydrogen-bond donors (Lipinski definition) is 2. The number of alkyl halides is 1. The molecule has 13 nitrogen and oxygen atoms in total. The Hall–Kier alpha value is -5.53. The lowest BCUT2D eigenvalue weighted by Gasteiger charge is -2.47. The molecule has 0 radical (unpaired) electrons. The van der Waals surface area contributed by atoms with Crippen molar-refractivity contribution in [1.82, 2.24) is 24.8 Å². The molecule has 16 heteroatoms. The summed E-state index contributed by atoms with van der Waals surface area (Å²) in [6.45, 7) is 26.3. The number of hydrogen-bond acceptors (Lipinski definition) is 10. The molecule has 5 aliphatic rings. The molecule has 2 aromatic carbocycles. The lowest BCUT2D eigenvalue weighted by molar-refractivity contribution is 0.0634. The number of carbonyl (C=O) groups is 2. The number of rotatable bonds is 8. The Balaban J connectivity index is 1.28. The number of nitrogens with zero attached hydrogens (tertiary/aromatic N) is 6. The van der Waals surface area contributed by atoms with Gasteiger partial charge in [0.2, 0.25) is 5.88 Å². The molecule has 2 amide bonds. The monoisotopic (exact) mass is 935 g/mol. The molecule has 5 unspecified atom stereocenters. The molecule has 7 heterocycles. The van der Waals surface area contributed by atoms with Gasteiger partial charge in [-0.15, -0.1) is 5.54 Å². The van der Waals surface area contributed by atoms with Crippen LogP contribution in [0.25, 0.3) is 32.9 Å². The van der Waals surface area contributed by atoms with E-state index < -0.39 is 61.6 Å². The van der Waals surface area contributed by atoms with E-state index in [0.29, 0.717) is 75.8 Å². The Labute approximate surface area is 392 Å². The standard InChI is InChI=1S/C51H63F2N7O6Si/c1-27(2)67(28(3)4,29(5)6)20-18-32-13-12-14-33-21-35(54-48(61)66-50(9,10)11)22-37(39(32)33)42-41(53)43-40-45(57-47(56-43)64-26-51-23-34(52)24-58(51)19-17-30(51)7)59-25-36-15-16-38(60(36)49(62)63)44(59)31(8)65-46(40)55-42/h12-14,21-22,27-29,31,34,36,38,44H,7,15-17,19,23-26H2,1-6,8-11H3,(H,54,61)(H,62,63)/t31?,34-,36?,38?,44?,51?/m1/s1. The van der Waals surface area contributed by atoms with Gasteiger partial charge in [-0.1, -0.05) is 71.7 Å². The maximum atomic E-state index is 18.3. The van der Waals surface area contributed by atoms with E-state index in [-0.39, 0.29) is 60.6 Å². The third-order valence-electron chi connectivity index (χ3n) is 15.2. The molecule has 4 saturated heterocycles. The van der Waals surface area contributed by atoms with Crippen LogP contribution in [0.2, 0.25) is 16.6 Å². The fourth-order valence-corrected chi connectivity index (χ4v) is 17.6. The molecule has 4 aromatic rings. The largest absolute Gasteiger partial charge is 0.472 e. The molecule has 0 spiro atoms. The molecule has 2 N–H and O–H groups in total. The Bertz CT molecular complexity index is 2730. The minimum Gasteiger partial charge on any atom is -0.472 e. The average Bonchev–Trinajstić information content (AvgIpc) is 3.82. The van der Waals surface area contributed by atoms with Crippen LogP contribution >= 0.6 is 0 Å². The zero-order valence-electron chi connectivity index (χ0n) is 40.3. The SMILES string of the molecule is C=C1CCN2C[C@H](F)CC12COc1nc2c3c(nc(-c4cc(NC(=O)OC(C)(C)C)cc5cccc(C#C[Si](C(C)C)(C(C)C)C(C)C)c45)c(F)c3n1)OC(C)C1C3CCC(CN21)N3C(=O)O. The highest BCUT2D eigenvalue weighted by atomic mass is 28.3. The van der Waals surface area contributed by atoms with Gasteiger partial charge >= 0.3 is 18.2 Å². The normalized spacial score (nSPS) is 24.8. The van der Waals surface area contributed by atoms with E-state index in [0.717, 1.165) is 5.57 Å².